The van der Waals surface area contributed by atoms with E-state index >= 15 is 0 Å². The lowest BCUT2D eigenvalue weighted by Gasteiger charge is -2.29. The van der Waals surface area contributed by atoms with Crippen LogP contribution >= 0.6 is 0 Å². The minimum absolute atomic E-state index is 0.191. The van der Waals surface area contributed by atoms with E-state index in [0.717, 1.165) is 10.9 Å². The number of fused-ring (bicyclic) bond motifs is 2. The van der Waals surface area contributed by atoms with Crippen LogP contribution in [0.1, 0.15) is 5.56 Å². The van der Waals surface area contributed by atoms with Gasteiger partial charge in [-0.15, -0.1) is 0 Å². The zero-order valence-electron chi connectivity index (χ0n) is 13.0. The molecule has 0 radical (unpaired) electrons. The minimum atomic E-state index is -3.76. The first kappa shape index (κ1) is 14.9. The molecule has 0 spiro atoms. The number of rotatable bonds is 2. The summed E-state index contributed by atoms with van der Waals surface area (Å²) in [6.45, 7) is 2.43. The molecule has 0 bridgehead atoms. The van der Waals surface area contributed by atoms with Gasteiger partial charge in [0.2, 0.25) is 5.88 Å². The topological polar surface area (TPSA) is 72.4 Å². The normalized spacial score (nSPS) is 14.3. The molecule has 122 valence electrons. The number of nitrogens with zero attached hydrogens (tertiary/aromatic N) is 3. The summed E-state index contributed by atoms with van der Waals surface area (Å²) in [6.07, 6.45) is 3.26. The van der Waals surface area contributed by atoms with Crippen LogP contribution in [0.15, 0.2) is 53.7 Å². The monoisotopic (exact) mass is 341 g/mol. The van der Waals surface area contributed by atoms with E-state index in [1.165, 1.54) is 4.31 Å². The van der Waals surface area contributed by atoms with Gasteiger partial charge in [-0.1, -0.05) is 12.1 Å². The van der Waals surface area contributed by atoms with Gasteiger partial charge in [-0.05, 0) is 36.8 Å². The van der Waals surface area contributed by atoms with Crippen molar-refractivity contribution in [2.24, 2.45) is 0 Å². The number of aromatic nitrogens is 2. The molecule has 0 saturated heterocycles. The van der Waals surface area contributed by atoms with Crippen LogP contribution in [0.3, 0.4) is 0 Å². The third-order valence-electron chi connectivity index (χ3n) is 3.93. The average molecular weight is 341 g/mol. The third-order valence-corrected chi connectivity index (χ3v) is 5.78. The highest BCUT2D eigenvalue weighted by Crippen LogP contribution is 2.34. The second-order valence-corrected chi connectivity index (χ2v) is 7.42. The van der Waals surface area contributed by atoms with Gasteiger partial charge in [0.1, 0.15) is 17.2 Å². The predicted octanol–water partition coefficient (Wildman–Crippen LogP) is 2.53. The summed E-state index contributed by atoms with van der Waals surface area (Å²) in [4.78, 5) is 8.64. The van der Waals surface area contributed by atoms with Crippen LogP contribution in [0.4, 0.5) is 5.69 Å². The molecule has 3 aromatic rings. The Hall–Kier alpha value is -2.67. The largest absolute Gasteiger partial charge is 0.474 e. The van der Waals surface area contributed by atoms with Gasteiger partial charge in [0.25, 0.3) is 10.0 Å². The molecule has 0 fully saturated rings. The molecule has 2 aromatic heterocycles. The van der Waals surface area contributed by atoms with E-state index < -0.39 is 10.0 Å². The maximum Gasteiger partial charge on any atom is 0.266 e. The molecule has 1 aliphatic rings. The van der Waals surface area contributed by atoms with Crippen LogP contribution in [-0.2, 0) is 10.0 Å². The molecule has 7 heteroatoms. The van der Waals surface area contributed by atoms with Crippen LogP contribution in [0.25, 0.3) is 10.9 Å². The van der Waals surface area contributed by atoms with Crippen molar-refractivity contribution in [2.45, 2.75) is 11.8 Å². The van der Waals surface area contributed by atoms with E-state index in [0.29, 0.717) is 17.1 Å². The maximum atomic E-state index is 13.3. The summed E-state index contributed by atoms with van der Waals surface area (Å²) in [7, 11) is -3.76. The summed E-state index contributed by atoms with van der Waals surface area (Å²) >= 11 is 0. The molecule has 1 aliphatic heterocycles. The first-order valence-electron chi connectivity index (χ1n) is 7.53. The van der Waals surface area contributed by atoms with Crippen molar-refractivity contribution in [1.29, 1.82) is 0 Å². The van der Waals surface area contributed by atoms with Crippen molar-refractivity contribution in [3.8, 4) is 5.88 Å². The fraction of sp³-hybridized carbons (Fsp3) is 0.176. The molecular weight excluding hydrogens is 326 g/mol. The molecule has 6 nitrogen and oxygen atoms in total. The van der Waals surface area contributed by atoms with Crippen molar-refractivity contribution in [2.75, 3.05) is 17.5 Å². The van der Waals surface area contributed by atoms with Gasteiger partial charge in [-0.2, -0.15) is 0 Å². The zero-order valence-corrected chi connectivity index (χ0v) is 13.8. The molecule has 0 aliphatic carbocycles. The van der Waals surface area contributed by atoms with E-state index in [4.69, 9.17) is 4.74 Å². The van der Waals surface area contributed by atoms with Crippen molar-refractivity contribution in [3.63, 3.8) is 0 Å². The summed E-state index contributed by atoms with van der Waals surface area (Å²) in [6, 6.07) is 10.5. The van der Waals surface area contributed by atoms with E-state index in [1.54, 1.807) is 36.7 Å². The Labute approximate surface area is 139 Å². The van der Waals surface area contributed by atoms with Gasteiger partial charge >= 0.3 is 0 Å². The molecule has 0 N–H and O–H groups in total. The van der Waals surface area contributed by atoms with E-state index in [2.05, 4.69) is 9.97 Å². The number of hydrogen-bond acceptors (Lipinski definition) is 5. The first-order chi connectivity index (χ1) is 11.6. The number of para-hydroxylation sites is 1. The highest BCUT2D eigenvalue weighted by molar-refractivity contribution is 7.93. The molecule has 24 heavy (non-hydrogen) atoms. The number of pyridine rings is 2. The summed E-state index contributed by atoms with van der Waals surface area (Å²) in [5.74, 6) is 0.330. The Kier molecular flexibility index (Phi) is 3.38. The number of ether oxygens (including phenoxy) is 1. The molecule has 4 rings (SSSR count). The molecule has 1 aromatic carbocycles. The van der Waals surface area contributed by atoms with Gasteiger partial charge in [0.15, 0.2) is 0 Å². The van der Waals surface area contributed by atoms with Crippen LogP contribution in [0.2, 0.25) is 0 Å². The number of sulfonamides is 1. The Bertz CT molecular complexity index is 1030. The SMILES string of the molecule is Cc1cnc2c(S(=O)(=O)N3CCOc4ncccc43)cccc2c1. The molecule has 0 saturated carbocycles. The van der Waals surface area contributed by atoms with Crippen molar-refractivity contribution in [3.05, 3.63) is 54.4 Å². The standard InChI is InChI=1S/C17H15N3O3S/c1-12-10-13-4-2-6-15(16(13)19-11-12)24(21,22)20-8-9-23-17-14(20)5-3-7-18-17/h2-7,10-11H,8-9H2,1H3. The van der Waals surface area contributed by atoms with Crippen LogP contribution in [-0.4, -0.2) is 31.5 Å². The maximum absolute atomic E-state index is 13.3. The summed E-state index contributed by atoms with van der Waals surface area (Å²) in [5, 5.41) is 0.802. The van der Waals surface area contributed by atoms with E-state index in [9.17, 15) is 8.42 Å². The van der Waals surface area contributed by atoms with Gasteiger partial charge in [-0.25, -0.2) is 13.4 Å². The van der Waals surface area contributed by atoms with E-state index in [1.807, 2.05) is 19.1 Å². The highest BCUT2D eigenvalue weighted by Gasteiger charge is 2.32. The Morgan fingerprint density at radius 1 is 1.17 bits per heavy atom. The second-order valence-electron chi connectivity index (χ2n) is 5.59. The summed E-state index contributed by atoms with van der Waals surface area (Å²) < 4.78 is 33.3. The van der Waals surface area contributed by atoms with Crippen LogP contribution < -0.4 is 9.04 Å². The average Bonchev–Trinajstić information content (AvgIpc) is 2.60. The lowest BCUT2D eigenvalue weighted by atomic mass is 10.2. The van der Waals surface area contributed by atoms with Crippen LogP contribution in [0.5, 0.6) is 5.88 Å². The quantitative estimate of drug-likeness (QED) is 0.716. The lowest BCUT2D eigenvalue weighted by Crippen LogP contribution is -2.38. The Balaban J connectivity index is 1.91. The molecule has 0 atom stereocenters. The van der Waals surface area contributed by atoms with Crippen molar-refractivity contribution >= 4 is 26.6 Å². The number of aryl methyl sites for hydroxylation is 1. The van der Waals surface area contributed by atoms with Crippen molar-refractivity contribution < 1.29 is 13.2 Å². The number of anilines is 1. The molecular formula is C17H15N3O3S. The van der Waals surface area contributed by atoms with Gasteiger partial charge in [-0.3, -0.25) is 9.29 Å². The van der Waals surface area contributed by atoms with Crippen LogP contribution in [0, 0.1) is 6.92 Å². The molecule has 0 unspecified atom stereocenters. The summed E-state index contributed by atoms with van der Waals surface area (Å²) in [5.41, 5.74) is 1.91. The lowest BCUT2D eigenvalue weighted by molar-refractivity contribution is 0.303. The van der Waals surface area contributed by atoms with E-state index in [-0.39, 0.29) is 18.0 Å². The van der Waals surface area contributed by atoms with Gasteiger partial charge in [0.05, 0.1) is 12.1 Å². The second kappa shape index (κ2) is 5.45. The Morgan fingerprint density at radius 2 is 2.04 bits per heavy atom. The molecule has 0 amide bonds. The predicted molar refractivity (Wildman–Crippen MR) is 90.7 cm³/mol. The first-order valence-corrected chi connectivity index (χ1v) is 8.97. The Morgan fingerprint density at radius 3 is 2.92 bits per heavy atom. The van der Waals surface area contributed by atoms with Crippen molar-refractivity contribution in [1.82, 2.24) is 9.97 Å². The zero-order chi connectivity index (χ0) is 16.7. The number of benzene rings is 1. The third kappa shape index (κ3) is 2.28. The van der Waals surface area contributed by atoms with Gasteiger partial charge < -0.3 is 4.74 Å². The highest BCUT2D eigenvalue weighted by atomic mass is 32.2. The fourth-order valence-corrected chi connectivity index (χ4v) is 4.46. The minimum Gasteiger partial charge on any atom is -0.474 e. The van der Waals surface area contributed by atoms with Gasteiger partial charge in [0, 0.05) is 17.8 Å². The smallest absolute Gasteiger partial charge is 0.266 e. The number of hydrogen-bond donors (Lipinski definition) is 0. The molecule has 3 heterocycles. The fourth-order valence-electron chi connectivity index (χ4n) is 2.85.